The summed E-state index contributed by atoms with van der Waals surface area (Å²) < 4.78 is 17.9. The molecule has 1 spiro atoms. The van der Waals surface area contributed by atoms with E-state index in [4.69, 9.17) is 19.9 Å². The van der Waals surface area contributed by atoms with Crippen molar-refractivity contribution >= 4 is 29.0 Å². The highest BCUT2D eigenvalue weighted by Gasteiger charge is 2.53. The number of fused-ring (bicyclic) bond motifs is 6. The van der Waals surface area contributed by atoms with E-state index < -0.39 is 17.5 Å². The first-order chi connectivity index (χ1) is 21.2. The Morgan fingerprint density at radius 1 is 0.841 bits per heavy atom. The number of phenols is 1. The van der Waals surface area contributed by atoms with Crippen molar-refractivity contribution in [3.63, 3.8) is 0 Å². The maximum atomic E-state index is 13.1. The fourth-order valence-electron chi connectivity index (χ4n) is 5.56. The topological polar surface area (TPSA) is 133 Å². The van der Waals surface area contributed by atoms with Crippen LogP contribution >= 0.6 is 0 Å². The van der Waals surface area contributed by atoms with Crippen molar-refractivity contribution in [2.24, 2.45) is 10.2 Å². The van der Waals surface area contributed by atoms with E-state index in [1.54, 1.807) is 60.7 Å². The fourth-order valence-corrected chi connectivity index (χ4v) is 5.56. The van der Waals surface area contributed by atoms with Crippen LogP contribution in [0.5, 0.6) is 23.0 Å². The van der Waals surface area contributed by atoms with Crippen LogP contribution in [0.3, 0.4) is 0 Å². The van der Waals surface area contributed by atoms with Crippen molar-refractivity contribution in [3.8, 4) is 23.0 Å². The molecule has 1 atom stereocenters. The molecule has 0 aliphatic carbocycles. The summed E-state index contributed by atoms with van der Waals surface area (Å²) in [6, 6.07) is 27.0. The number of nitrogen functional groups attached to an aromatic ring is 1. The zero-order chi connectivity index (χ0) is 30.6. The minimum Gasteiger partial charge on any atom is -0.508 e. The first-order valence-electron chi connectivity index (χ1n) is 13.8. The zero-order valence-electron chi connectivity index (χ0n) is 23.7. The number of rotatable bonds is 4. The van der Waals surface area contributed by atoms with E-state index >= 15 is 0 Å². The summed E-state index contributed by atoms with van der Waals surface area (Å²) >= 11 is 0. The largest absolute Gasteiger partial charge is 0.508 e. The second kappa shape index (κ2) is 10.1. The third kappa shape index (κ3) is 4.25. The summed E-state index contributed by atoms with van der Waals surface area (Å²) in [4.78, 5) is 26.0. The molecule has 7 rings (SSSR count). The van der Waals surface area contributed by atoms with Crippen LogP contribution in [0.15, 0.2) is 107 Å². The number of carbonyl (C=O) groups excluding carboxylic acids is 2. The average molecular weight is 584 g/mol. The predicted molar refractivity (Wildman–Crippen MR) is 162 cm³/mol. The molecule has 216 valence electrons. The molecule has 0 bridgehead atoms. The fraction of sp³-hybridized carbons (Fsp3) is 0.0857. The maximum absolute atomic E-state index is 13.1. The van der Waals surface area contributed by atoms with Crippen molar-refractivity contribution in [2.45, 2.75) is 19.4 Å². The standard InChI is InChI=1S/C35H25N3O6/c1-19-7-16-29(32(36)20(19)2)38-37-22-10-8-21(9-11-22)33(40)42-24-13-15-28-31(18-24)43-30-17-23(39)12-14-27(30)35(28)26-6-4-3-5-25(26)34(41)44-35/h3-18,39H,36H2,1-2H3. The molecule has 3 N–H and O–H groups in total. The minimum atomic E-state index is -1.29. The number of aromatic hydroxyl groups is 1. The van der Waals surface area contributed by atoms with Gasteiger partial charge in [0.2, 0.25) is 0 Å². The molecule has 1 unspecified atom stereocenters. The first-order valence-corrected chi connectivity index (χ1v) is 13.8. The van der Waals surface area contributed by atoms with Crippen LogP contribution < -0.4 is 15.2 Å². The van der Waals surface area contributed by atoms with E-state index in [9.17, 15) is 14.7 Å². The molecule has 44 heavy (non-hydrogen) atoms. The number of hydrogen-bond donors (Lipinski definition) is 2. The number of anilines is 1. The lowest BCUT2D eigenvalue weighted by atomic mass is 9.77. The van der Waals surface area contributed by atoms with E-state index in [1.807, 2.05) is 38.1 Å². The van der Waals surface area contributed by atoms with E-state index in [0.717, 1.165) is 11.1 Å². The van der Waals surface area contributed by atoms with Crippen molar-refractivity contribution < 1.29 is 28.9 Å². The number of esters is 2. The number of ether oxygens (including phenoxy) is 3. The number of aryl methyl sites for hydroxylation is 1. The molecule has 0 radical (unpaired) electrons. The molecule has 5 aromatic rings. The van der Waals surface area contributed by atoms with E-state index in [-0.39, 0.29) is 11.5 Å². The number of nitrogens with two attached hydrogens (primary N) is 1. The summed E-state index contributed by atoms with van der Waals surface area (Å²) in [7, 11) is 0. The highest BCUT2D eigenvalue weighted by molar-refractivity contribution is 5.97. The van der Waals surface area contributed by atoms with Crippen molar-refractivity contribution in [3.05, 3.63) is 136 Å². The molecule has 2 aliphatic heterocycles. The monoisotopic (exact) mass is 583 g/mol. The smallest absolute Gasteiger partial charge is 0.343 e. The molecule has 2 heterocycles. The quantitative estimate of drug-likeness (QED) is 0.0955. The van der Waals surface area contributed by atoms with Crippen LogP contribution in [-0.2, 0) is 10.3 Å². The van der Waals surface area contributed by atoms with E-state index in [1.165, 1.54) is 12.1 Å². The second-order valence-electron chi connectivity index (χ2n) is 10.6. The van der Waals surface area contributed by atoms with Crippen molar-refractivity contribution in [2.75, 3.05) is 5.73 Å². The molecule has 0 aromatic heterocycles. The van der Waals surface area contributed by atoms with Gasteiger partial charge in [-0.1, -0.05) is 24.3 Å². The number of benzene rings is 5. The van der Waals surface area contributed by atoms with Crippen LogP contribution in [0, 0.1) is 13.8 Å². The van der Waals surface area contributed by atoms with Crippen LogP contribution in [0.25, 0.3) is 0 Å². The lowest BCUT2D eigenvalue weighted by Crippen LogP contribution is -2.33. The lowest BCUT2D eigenvalue weighted by molar-refractivity contribution is 0.0224. The van der Waals surface area contributed by atoms with Gasteiger partial charge in [-0.3, -0.25) is 0 Å². The van der Waals surface area contributed by atoms with Gasteiger partial charge >= 0.3 is 11.9 Å². The Morgan fingerprint density at radius 3 is 2.36 bits per heavy atom. The molecular weight excluding hydrogens is 558 g/mol. The van der Waals surface area contributed by atoms with Gasteiger partial charge < -0.3 is 25.1 Å². The number of azo groups is 1. The van der Waals surface area contributed by atoms with Crippen LogP contribution in [0.4, 0.5) is 17.1 Å². The molecule has 0 fully saturated rings. The summed E-state index contributed by atoms with van der Waals surface area (Å²) in [5.41, 5.74) is 11.1. The maximum Gasteiger partial charge on any atom is 0.343 e. The van der Waals surface area contributed by atoms with E-state index in [2.05, 4.69) is 10.2 Å². The second-order valence-corrected chi connectivity index (χ2v) is 10.6. The summed E-state index contributed by atoms with van der Waals surface area (Å²) in [5, 5.41) is 18.7. The molecule has 0 saturated carbocycles. The number of phenolic OH excluding ortho intramolecular Hbond substituents is 1. The third-order valence-corrected chi connectivity index (χ3v) is 8.02. The van der Waals surface area contributed by atoms with Gasteiger partial charge in [0.1, 0.15) is 28.7 Å². The molecule has 0 saturated heterocycles. The SMILES string of the molecule is Cc1ccc(N=Nc2ccc(C(=O)Oc3ccc4c(c3)Oc3cc(O)ccc3C43OC(=O)c4ccccc43)cc2)c(N)c1C. The Labute approximate surface area is 252 Å². The van der Waals surface area contributed by atoms with Crippen LogP contribution in [-0.4, -0.2) is 17.0 Å². The molecule has 9 heteroatoms. The van der Waals surface area contributed by atoms with Gasteiger partial charge in [-0.15, -0.1) is 5.11 Å². The Kier molecular flexibility index (Phi) is 6.17. The highest BCUT2D eigenvalue weighted by Crippen LogP contribution is 2.57. The number of carbonyl (C=O) groups is 2. The summed E-state index contributed by atoms with van der Waals surface area (Å²) in [6.07, 6.45) is 0. The van der Waals surface area contributed by atoms with E-state index in [0.29, 0.717) is 56.4 Å². The van der Waals surface area contributed by atoms with Gasteiger partial charge in [0.15, 0.2) is 5.60 Å². The van der Waals surface area contributed by atoms with Crippen LogP contribution in [0.1, 0.15) is 48.5 Å². The van der Waals surface area contributed by atoms with Gasteiger partial charge in [0.25, 0.3) is 0 Å². The predicted octanol–water partition coefficient (Wildman–Crippen LogP) is 7.79. The highest BCUT2D eigenvalue weighted by atomic mass is 16.6. The van der Waals surface area contributed by atoms with Crippen LogP contribution in [0.2, 0.25) is 0 Å². The Hall–Kier alpha value is -5.96. The van der Waals surface area contributed by atoms with Crippen molar-refractivity contribution in [1.29, 1.82) is 0 Å². The van der Waals surface area contributed by atoms with Crippen molar-refractivity contribution in [1.82, 2.24) is 0 Å². The number of hydrogen-bond acceptors (Lipinski definition) is 9. The molecular formula is C35H25N3O6. The molecule has 5 aromatic carbocycles. The Morgan fingerprint density at radius 2 is 1.57 bits per heavy atom. The average Bonchev–Trinajstić information content (AvgIpc) is 3.32. The summed E-state index contributed by atoms with van der Waals surface area (Å²) in [6.45, 7) is 3.91. The Balaban J connectivity index is 1.16. The van der Waals surface area contributed by atoms with Gasteiger partial charge in [0, 0.05) is 28.8 Å². The zero-order valence-corrected chi connectivity index (χ0v) is 23.7. The Bertz CT molecular complexity index is 2040. The third-order valence-electron chi connectivity index (χ3n) is 8.02. The molecule has 0 amide bonds. The van der Waals surface area contributed by atoms with Gasteiger partial charge in [0.05, 0.1) is 22.5 Å². The van der Waals surface area contributed by atoms with Gasteiger partial charge in [-0.05, 0) is 85.6 Å². The summed E-state index contributed by atoms with van der Waals surface area (Å²) in [5.74, 6) is -0.212. The minimum absolute atomic E-state index is 0.0111. The van der Waals surface area contributed by atoms with Gasteiger partial charge in [-0.2, -0.15) is 5.11 Å². The molecule has 2 aliphatic rings. The van der Waals surface area contributed by atoms with Gasteiger partial charge in [-0.25, -0.2) is 9.59 Å². The molecule has 9 nitrogen and oxygen atoms in total. The normalized spacial score (nSPS) is 16.2. The lowest BCUT2D eigenvalue weighted by Gasteiger charge is -2.36. The first kappa shape index (κ1) is 26.9. The number of nitrogens with zero attached hydrogens (tertiary/aromatic N) is 2.